The minimum absolute atomic E-state index is 0.243. The standard InChI is InChI=1S/C9H18O4S/c1-3-13-9(10)5-8-14(11)7-4-6-12-2/h3-8H2,1-2H3. The topological polar surface area (TPSA) is 52.6 Å². The molecule has 0 aromatic rings. The zero-order valence-corrected chi connectivity index (χ0v) is 9.60. The third-order valence-corrected chi connectivity index (χ3v) is 2.96. The van der Waals surface area contributed by atoms with Crippen LogP contribution in [0.3, 0.4) is 0 Å². The second-order valence-electron chi connectivity index (χ2n) is 2.75. The van der Waals surface area contributed by atoms with Crippen LogP contribution in [0, 0.1) is 0 Å². The molecule has 0 rings (SSSR count). The van der Waals surface area contributed by atoms with E-state index in [-0.39, 0.29) is 12.4 Å². The summed E-state index contributed by atoms with van der Waals surface area (Å²) in [5, 5.41) is 0. The third-order valence-electron chi connectivity index (χ3n) is 1.56. The molecule has 0 amide bonds. The van der Waals surface area contributed by atoms with E-state index in [4.69, 9.17) is 9.47 Å². The monoisotopic (exact) mass is 222 g/mol. The van der Waals surface area contributed by atoms with E-state index in [1.54, 1.807) is 14.0 Å². The van der Waals surface area contributed by atoms with Crippen LogP contribution in [0.4, 0.5) is 0 Å². The number of hydrogen-bond donors (Lipinski definition) is 0. The lowest BCUT2D eigenvalue weighted by Gasteiger charge is -2.02. The van der Waals surface area contributed by atoms with Gasteiger partial charge in [-0.1, -0.05) is 0 Å². The van der Waals surface area contributed by atoms with Gasteiger partial charge in [-0.15, -0.1) is 0 Å². The summed E-state index contributed by atoms with van der Waals surface area (Å²) in [5.74, 6) is 0.711. The molecule has 0 saturated carbocycles. The summed E-state index contributed by atoms with van der Waals surface area (Å²) in [4.78, 5) is 10.9. The van der Waals surface area contributed by atoms with E-state index >= 15 is 0 Å². The van der Waals surface area contributed by atoms with Gasteiger partial charge >= 0.3 is 5.97 Å². The van der Waals surface area contributed by atoms with Crippen LogP contribution in [0.15, 0.2) is 0 Å². The first-order chi connectivity index (χ1) is 6.70. The summed E-state index contributed by atoms with van der Waals surface area (Å²) in [6.45, 7) is 2.76. The van der Waals surface area contributed by atoms with Crippen molar-refractivity contribution in [2.75, 3.05) is 31.8 Å². The molecule has 0 saturated heterocycles. The predicted octanol–water partition coefficient (Wildman–Crippen LogP) is 0.725. The smallest absolute Gasteiger partial charge is 0.306 e. The Morgan fingerprint density at radius 2 is 2.07 bits per heavy atom. The van der Waals surface area contributed by atoms with Crippen molar-refractivity contribution in [3.8, 4) is 0 Å². The Kier molecular flexibility index (Phi) is 8.87. The van der Waals surface area contributed by atoms with E-state index in [0.717, 1.165) is 6.42 Å². The maximum Gasteiger partial charge on any atom is 0.306 e. The van der Waals surface area contributed by atoms with Crippen molar-refractivity contribution in [2.24, 2.45) is 0 Å². The molecule has 1 atom stereocenters. The number of hydrogen-bond acceptors (Lipinski definition) is 4. The largest absolute Gasteiger partial charge is 0.466 e. The van der Waals surface area contributed by atoms with Gasteiger partial charge in [0.05, 0.1) is 13.0 Å². The lowest BCUT2D eigenvalue weighted by Crippen LogP contribution is -2.11. The van der Waals surface area contributed by atoms with E-state index in [1.165, 1.54) is 0 Å². The van der Waals surface area contributed by atoms with Gasteiger partial charge in [-0.05, 0) is 13.3 Å². The second kappa shape index (κ2) is 9.15. The van der Waals surface area contributed by atoms with Crippen LogP contribution < -0.4 is 0 Å². The van der Waals surface area contributed by atoms with E-state index in [0.29, 0.717) is 24.7 Å². The summed E-state index contributed by atoms with van der Waals surface area (Å²) in [6, 6.07) is 0. The van der Waals surface area contributed by atoms with Crippen LogP contribution >= 0.6 is 0 Å². The Morgan fingerprint density at radius 3 is 2.64 bits per heavy atom. The first-order valence-corrected chi connectivity index (χ1v) is 6.19. The number of rotatable bonds is 8. The van der Waals surface area contributed by atoms with Gasteiger partial charge < -0.3 is 9.47 Å². The normalized spacial score (nSPS) is 12.4. The number of esters is 1. The first-order valence-electron chi connectivity index (χ1n) is 4.70. The Labute approximate surface area is 87.4 Å². The SMILES string of the molecule is CCOC(=O)CCS(=O)CCCOC. The van der Waals surface area contributed by atoms with Gasteiger partial charge in [0.25, 0.3) is 0 Å². The van der Waals surface area contributed by atoms with Crippen LogP contribution in [-0.2, 0) is 25.1 Å². The quantitative estimate of drug-likeness (QED) is 0.448. The average molecular weight is 222 g/mol. The molecule has 1 unspecified atom stereocenters. The van der Waals surface area contributed by atoms with E-state index in [2.05, 4.69) is 0 Å². The predicted molar refractivity (Wildman–Crippen MR) is 55.6 cm³/mol. The fourth-order valence-corrected chi connectivity index (χ4v) is 1.93. The molecule has 4 nitrogen and oxygen atoms in total. The summed E-state index contributed by atoms with van der Waals surface area (Å²) in [5.41, 5.74) is 0. The molecule has 0 fully saturated rings. The Hall–Kier alpha value is -0.420. The molecule has 0 aromatic carbocycles. The van der Waals surface area contributed by atoms with Crippen molar-refractivity contribution in [2.45, 2.75) is 19.8 Å². The van der Waals surface area contributed by atoms with Crippen molar-refractivity contribution >= 4 is 16.8 Å². The molecule has 0 heterocycles. The molecule has 5 heteroatoms. The highest BCUT2D eigenvalue weighted by Crippen LogP contribution is 1.94. The van der Waals surface area contributed by atoms with Gasteiger partial charge in [-0.25, -0.2) is 0 Å². The van der Waals surface area contributed by atoms with Gasteiger partial charge in [0.2, 0.25) is 0 Å². The molecule has 14 heavy (non-hydrogen) atoms. The Bertz CT molecular complexity index is 182. The van der Waals surface area contributed by atoms with Crippen molar-refractivity contribution in [3.05, 3.63) is 0 Å². The van der Waals surface area contributed by atoms with Gasteiger partial charge in [-0.2, -0.15) is 0 Å². The highest BCUT2D eigenvalue weighted by molar-refractivity contribution is 7.84. The number of carbonyl (C=O) groups excluding carboxylic acids is 1. The lowest BCUT2D eigenvalue weighted by molar-refractivity contribution is -0.142. The van der Waals surface area contributed by atoms with Gasteiger partial charge in [0.15, 0.2) is 0 Å². The van der Waals surface area contributed by atoms with Crippen molar-refractivity contribution in [1.29, 1.82) is 0 Å². The summed E-state index contributed by atoms with van der Waals surface area (Å²) < 4.78 is 20.8. The maximum absolute atomic E-state index is 11.3. The molecule has 0 bridgehead atoms. The van der Waals surface area contributed by atoms with Crippen molar-refractivity contribution in [1.82, 2.24) is 0 Å². The van der Waals surface area contributed by atoms with Crippen LogP contribution in [0.5, 0.6) is 0 Å². The summed E-state index contributed by atoms with van der Waals surface area (Å²) in [7, 11) is 0.686. The van der Waals surface area contributed by atoms with E-state index in [9.17, 15) is 9.00 Å². The molecule has 0 radical (unpaired) electrons. The summed E-state index contributed by atoms with van der Waals surface area (Å²) >= 11 is 0. The number of ether oxygens (including phenoxy) is 2. The van der Waals surface area contributed by atoms with Crippen molar-refractivity contribution in [3.63, 3.8) is 0 Å². The molecule has 0 aliphatic rings. The second-order valence-corrected chi connectivity index (χ2v) is 4.45. The number of methoxy groups -OCH3 is 1. The van der Waals surface area contributed by atoms with Crippen LogP contribution in [0.2, 0.25) is 0 Å². The fraction of sp³-hybridized carbons (Fsp3) is 0.889. The van der Waals surface area contributed by atoms with Crippen LogP contribution in [0.1, 0.15) is 19.8 Å². The van der Waals surface area contributed by atoms with Gasteiger partial charge in [0.1, 0.15) is 0 Å². The lowest BCUT2D eigenvalue weighted by atomic mass is 10.5. The maximum atomic E-state index is 11.3. The Balaban J connectivity index is 3.39. The summed E-state index contributed by atoms with van der Waals surface area (Å²) in [6.07, 6.45) is 1.01. The highest BCUT2D eigenvalue weighted by Gasteiger charge is 2.05. The fourth-order valence-electron chi connectivity index (χ4n) is 0.897. The zero-order chi connectivity index (χ0) is 10.8. The van der Waals surface area contributed by atoms with Crippen molar-refractivity contribution < 1.29 is 18.5 Å². The average Bonchev–Trinajstić information content (AvgIpc) is 2.16. The molecule has 0 spiro atoms. The minimum Gasteiger partial charge on any atom is -0.466 e. The zero-order valence-electron chi connectivity index (χ0n) is 8.78. The minimum atomic E-state index is -0.927. The molecule has 84 valence electrons. The first kappa shape index (κ1) is 13.6. The Morgan fingerprint density at radius 1 is 1.36 bits per heavy atom. The van der Waals surface area contributed by atoms with Gasteiger partial charge in [0, 0.05) is 36.0 Å². The van der Waals surface area contributed by atoms with Gasteiger partial charge in [-0.3, -0.25) is 9.00 Å². The van der Waals surface area contributed by atoms with Crippen LogP contribution in [0.25, 0.3) is 0 Å². The van der Waals surface area contributed by atoms with E-state index in [1.807, 2.05) is 0 Å². The van der Waals surface area contributed by atoms with E-state index < -0.39 is 10.8 Å². The van der Waals surface area contributed by atoms with Crippen LogP contribution in [-0.4, -0.2) is 42.0 Å². The molecular weight excluding hydrogens is 204 g/mol. The molecule has 0 aliphatic heterocycles. The highest BCUT2D eigenvalue weighted by atomic mass is 32.2. The molecular formula is C9H18O4S. The molecule has 0 N–H and O–H groups in total. The molecule has 0 aromatic heterocycles. The third kappa shape index (κ3) is 8.19. The number of carbonyl (C=O) groups is 1. The molecule has 0 aliphatic carbocycles.